The molecule has 0 radical (unpaired) electrons. The third-order valence-corrected chi connectivity index (χ3v) is 13.3. The van der Waals surface area contributed by atoms with Gasteiger partial charge in [-0.3, -0.25) is 4.57 Å². The van der Waals surface area contributed by atoms with Crippen LogP contribution in [0.4, 0.5) is 0 Å². The standard InChI is InChI=1S/C62H48N4O.Pt/c1-61(2,3)41-32-33-63-58(36-41)66-55-28-15-14-24-51(55)52-31-30-44(38-57(52)66)67-45-35-42(62(4,5)6)34-43(37-45)64-39-65-59-46(40-18-8-7-9-19-40)25-16-26-53(59)49-22-12-10-20-47(49)48-21-11-13-23-50(48)54-27-17-29-56(64)60(54)65;/h7-36H,1-6H3;/q-2;. The van der Waals surface area contributed by atoms with E-state index in [-0.39, 0.29) is 31.9 Å². The van der Waals surface area contributed by atoms with Crippen LogP contribution in [0.25, 0.3) is 94.5 Å². The van der Waals surface area contributed by atoms with E-state index < -0.39 is 0 Å². The zero-order valence-corrected chi connectivity index (χ0v) is 41.1. The Hall–Kier alpha value is -7.33. The van der Waals surface area contributed by atoms with E-state index >= 15 is 0 Å². The van der Waals surface area contributed by atoms with E-state index in [4.69, 9.17) is 9.72 Å². The Bertz CT molecular complexity index is 3750. The van der Waals surface area contributed by atoms with Gasteiger partial charge in [-0.25, -0.2) is 4.98 Å². The van der Waals surface area contributed by atoms with Crippen LogP contribution in [0.15, 0.2) is 182 Å². The quantitative estimate of drug-likeness (QED) is 0.127. The second-order valence-electron chi connectivity index (χ2n) is 19.7. The van der Waals surface area contributed by atoms with Gasteiger partial charge in [0.1, 0.15) is 5.82 Å². The smallest absolute Gasteiger partial charge is 0.268 e. The molecule has 1 aliphatic heterocycles. The van der Waals surface area contributed by atoms with E-state index in [1.54, 1.807) is 0 Å². The van der Waals surface area contributed by atoms with Crippen molar-refractivity contribution in [3.8, 4) is 73.2 Å². The minimum absolute atomic E-state index is 0. The molecule has 6 heteroatoms. The Labute approximate surface area is 412 Å². The molecule has 5 nitrogen and oxygen atoms in total. The van der Waals surface area contributed by atoms with Crippen LogP contribution in [-0.4, -0.2) is 14.1 Å². The molecule has 0 aliphatic carbocycles. The Balaban J connectivity index is 0.00000507. The Morgan fingerprint density at radius 3 is 1.84 bits per heavy atom. The zero-order chi connectivity index (χ0) is 45.6. The molecule has 0 bridgehead atoms. The van der Waals surface area contributed by atoms with E-state index in [1.807, 2.05) is 12.3 Å². The fraction of sp³-hybridized carbons (Fsp3) is 0.129. The molecular weight excluding hydrogens is 1010 g/mol. The Morgan fingerprint density at radius 1 is 0.500 bits per heavy atom. The molecule has 11 aromatic rings. The van der Waals surface area contributed by atoms with Gasteiger partial charge in [0.05, 0.1) is 16.7 Å². The van der Waals surface area contributed by atoms with Crippen LogP contribution < -0.4 is 9.30 Å². The van der Waals surface area contributed by atoms with Gasteiger partial charge in [-0.15, -0.1) is 29.7 Å². The average molecular weight is 1060 g/mol. The van der Waals surface area contributed by atoms with Crippen molar-refractivity contribution >= 4 is 32.8 Å². The van der Waals surface area contributed by atoms with Gasteiger partial charge in [0.25, 0.3) is 6.33 Å². The van der Waals surface area contributed by atoms with Gasteiger partial charge < -0.3 is 13.9 Å². The van der Waals surface area contributed by atoms with Crippen molar-refractivity contribution in [3.05, 3.63) is 212 Å². The number of para-hydroxylation sites is 3. The largest absolute Gasteiger partial charge is 0.510 e. The number of benzene rings is 8. The summed E-state index contributed by atoms with van der Waals surface area (Å²) in [6, 6.07) is 70.3. The first-order valence-corrected chi connectivity index (χ1v) is 23.0. The predicted molar refractivity (Wildman–Crippen MR) is 273 cm³/mol. The van der Waals surface area contributed by atoms with Crippen molar-refractivity contribution < 1.29 is 30.4 Å². The van der Waals surface area contributed by atoms with Crippen molar-refractivity contribution in [2.24, 2.45) is 0 Å². The van der Waals surface area contributed by atoms with Crippen molar-refractivity contribution in [2.75, 3.05) is 0 Å². The second-order valence-corrected chi connectivity index (χ2v) is 19.7. The van der Waals surface area contributed by atoms with Gasteiger partial charge in [-0.1, -0.05) is 181 Å². The molecule has 3 aromatic heterocycles. The summed E-state index contributed by atoms with van der Waals surface area (Å²) in [4.78, 5) is 4.90. The van der Waals surface area contributed by atoms with Gasteiger partial charge in [-0.2, -0.15) is 17.7 Å². The molecule has 1 aliphatic rings. The molecule has 0 atom stereocenters. The summed E-state index contributed by atoms with van der Waals surface area (Å²) in [5, 5.41) is 2.22. The van der Waals surface area contributed by atoms with Gasteiger partial charge in [0.15, 0.2) is 0 Å². The number of aromatic nitrogens is 4. The monoisotopic (exact) mass is 1060 g/mol. The van der Waals surface area contributed by atoms with Gasteiger partial charge in [0, 0.05) is 44.3 Å². The fourth-order valence-electron chi connectivity index (χ4n) is 9.91. The number of pyridine rings is 1. The summed E-state index contributed by atoms with van der Waals surface area (Å²) in [6.45, 7) is 13.4. The van der Waals surface area contributed by atoms with Gasteiger partial charge >= 0.3 is 0 Å². The van der Waals surface area contributed by atoms with E-state index in [2.05, 4.69) is 244 Å². The number of ether oxygens (including phenoxy) is 1. The van der Waals surface area contributed by atoms with Crippen LogP contribution in [0, 0.1) is 18.5 Å². The molecule has 68 heavy (non-hydrogen) atoms. The Morgan fingerprint density at radius 2 is 1.10 bits per heavy atom. The summed E-state index contributed by atoms with van der Waals surface area (Å²) in [6.07, 6.45) is 5.86. The maximum Gasteiger partial charge on any atom is 0.268 e. The fourth-order valence-corrected chi connectivity index (χ4v) is 9.91. The van der Waals surface area contributed by atoms with Gasteiger partial charge in [0.2, 0.25) is 0 Å². The van der Waals surface area contributed by atoms with Crippen LogP contribution in [-0.2, 0) is 31.9 Å². The number of fused-ring (bicyclic) bond motifs is 10. The molecular formula is C62H48N4OPt-2. The molecule has 0 N–H and O–H groups in total. The number of imidazole rings is 1. The number of hydrogen-bond acceptors (Lipinski definition) is 2. The summed E-state index contributed by atoms with van der Waals surface area (Å²) in [5.41, 5.74) is 17.2. The molecule has 4 heterocycles. The molecule has 0 saturated heterocycles. The normalized spacial score (nSPS) is 12.1. The third kappa shape index (κ3) is 7.20. The number of hydrogen-bond donors (Lipinski definition) is 0. The molecule has 0 spiro atoms. The van der Waals surface area contributed by atoms with Crippen LogP contribution in [0.2, 0.25) is 0 Å². The van der Waals surface area contributed by atoms with Crippen molar-refractivity contribution in [1.82, 2.24) is 14.1 Å². The molecule has 0 saturated carbocycles. The van der Waals surface area contributed by atoms with Crippen molar-refractivity contribution in [2.45, 2.75) is 52.4 Å². The Kier molecular flexibility index (Phi) is 10.5. The van der Waals surface area contributed by atoms with E-state index in [1.165, 1.54) is 22.3 Å². The second kappa shape index (κ2) is 16.5. The predicted octanol–water partition coefficient (Wildman–Crippen LogP) is 15.2. The minimum Gasteiger partial charge on any atom is -0.510 e. The molecule has 12 rings (SSSR count). The number of nitrogens with zero attached hydrogens (tertiary/aromatic N) is 4. The topological polar surface area (TPSA) is 35.9 Å². The van der Waals surface area contributed by atoms with Gasteiger partial charge in [-0.05, 0) is 90.2 Å². The van der Waals surface area contributed by atoms with Crippen molar-refractivity contribution in [3.63, 3.8) is 0 Å². The first-order chi connectivity index (χ1) is 32.5. The minimum atomic E-state index is -0.216. The first kappa shape index (κ1) is 43.3. The number of rotatable bonds is 5. The molecule has 0 amide bonds. The first-order valence-electron chi connectivity index (χ1n) is 23.0. The summed E-state index contributed by atoms with van der Waals surface area (Å²) >= 11 is 0. The average Bonchev–Trinajstić information content (AvgIpc) is 3.90. The molecule has 8 aromatic carbocycles. The third-order valence-electron chi connectivity index (χ3n) is 13.3. The summed E-state index contributed by atoms with van der Waals surface area (Å²) < 4.78 is 13.6. The summed E-state index contributed by atoms with van der Waals surface area (Å²) in [5.74, 6) is 2.03. The maximum absolute atomic E-state index is 6.93. The van der Waals surface area contributed by atoms with E-state index in [0.29, 0.717) is 11.5 Å². The van der Waals surface area contributed by atoms with Crippen LogP contribution >= 0.6 is 0 Å². The maximum atomic E-state index is 6.93. The van der Waals surface area contributed by atoms with Crippen LogP contribution in [0.5, 0.6) is 11.5 Å². The van der Waals surface area contributed by atoms with E-state index in [9.17, 15) is 0 Å². The summed E-state index contributed by atoms with van der Waals surface area (Å²) in [7, 11) is 0. The van der Waals surface area contributed by atoms with E-state index in [0.717, 1.165) is 83.4 Å². The SMILES string of the molecule is CC(C)(C)c1cc(Oc2[c-]c3c(cc2)c2ccccc2n3-c2cc(C(C)(C)C)ccn2)[c-]c(-n2[c-][n+]3c4c(cccc42)-c2ccccc2-c2ccccc2-c2cccc(-c4ccccc4)c2-3)c1.[Pt]. The van der Waals surface area contributed by atoms with Crippen LogP contribution in [0.1, 0.15) is 52.7 Å². The zero-order valence-electron chi connectivity index (χ0n) is 38.8. The molecule has 0 unspecified atom stereocenters. The molecule has 0 fully saturated rings. The molecule has 334 valence electrons. The van der Waals surface area contributed by atoms with Crippen LogP contribution in [0.3, 0.4) is 0 Å². The van der Waals surface area contributed by atoms with Crippen molar-refractivity contribution in [1.29, 1.82) is 0 Å².